The summed E-state index contributed by atoms with van der Waals surface area (Å²) in [5.74, 6) is 1.71. The highest BCUT2D eigenvalue weighted by Gasteiger charge is 2.36. The number of carbonyl (C=O) groups excluding carboxylic acids is 1. The molecule has 1 amide bonds. The topological polar surface area (TPSA) is 51.2 Å². The molecule has 6 nitrogen and oxygen atoms in total. The third-order valence-electron chi connectivity index (χ3n) is 5.53. The Balaban J connectivity index is 1.71. The van der Waals surface area contributed by atoms with E-state index >= 15 is 0 Å². The zero-order valence-corrected chi connectivity index (χ0v) is 16.2. The van der Waals surface area contributed by atoms with E-state index in [1.807, 2.05) is 4.90 Å². The van der Waals surface area contributed by atoms with Gasteiger partial charge in [-0.2, -0.15) is 0 Å². The van der Waals surface area contributed by atoms with Crippen LogP contribution in [0.4, 0.5) is 0 Å². The first-order chi connectivity index (χ1) is 12.5. The molecular weight excluding hydrogens is 332 g/mol. The van der Waals surface area contributed by atoms with Gasteiger partial charge in [0.1, 0.15) is 11.5 Å². The predicted molar refractivity (Wildman–Crippen MR) is 100 cm³/mol. The molecule has 2 saturated heterocycles. The van der Waals surface area contributed by atoms with Crippen molar-refractivity contribution in [2.24, 2.45) is 5.92 Å². The van der Waals surface area contributed by atoms with Crippen LogP contribution in [0.5, 0.6) is 11.5 Å². The molecular formula is C20H30N2O4. The Morgan fingerprint density at radius 3 is 2.69 bits per heavy atom. The number of nitrogens with zero attached hydrogens (tertiary/aromatic N) is 2. The van der Waals surface area contributed by atoms with Crippen LogP contribution in [0.25, 0.3) is 0 Å². The summed E-state index contributed by atoms with van der Waals surface area (Å²) >= 11 is 0. The standard InChI is InChI=1S/C20H30N2O4/c1-14(2)21-9-10-26-19-13-22(8-7-15(19)12-21)20(23)17-6-5-16(24-3)11-18(17)25-4/h5-6,11,14-15,19H,7-10,12-13H2,1-4H3. The van der Waals surface area contributed by atoms with Crippen molar-refractivity contribution in [1.29, 1.82) is 0 Å². The summed E-state index contributed by atoms with van der Waals surface area (Å²) in [7, 11) is 3.18. The van der Waals surface area contributed by atoms with E-state index < -0.39 is 0 Å². The van der Waals surface area contributed by atoms with Gasteiger partial charge in [-0.15, -0.1) is 0 Å². The van der Waals surface area contributed by atoms with Crippen LogP contribution in [-0.4, -0.2) is 74.9 Å². The second kappa shape index (κ2) is 8.27. The molecule has 144 valence electrons. The van der Waals surface area contributed by atoms with Gasteiger partial charge in [-0.25, -0.2) is 0 Å². The van der Waals surface area contributed by atoms with Gasteiger partial charge in [0.15, 0.2) is 0 Å². The normalized spacial score (nSPS) is 24.1. The fraction of sp³-hybridized carbons (Fsp3) is 0.650. The minimum absolute atomic E-state index is 0.00323. The average molecular weight is 362 g/mol. The number of piperidine rings is 1. The molecule has 2 aliphatic rings. The van der Waals surface area contributed by atoms with Crippen LogP contribution < -0.4 is 9.47 Å². The maximum Gasteiger partial charge on any atom is 0.257 e. The van der Waals surface area contributed by atoms with Gasteiger partial charge >= 0.3 is 0 Å². The van der Waals surface area contributed by atoms with Crippen LogP contribution in [0.1, 0.15) is 30.6 Å². The number of hydrogen-bond acceptors (Lipinski definition) is 5. The predicted octanol–water partition coefficient (Wildman–Crippen LogP) is 2.28. The van der Waals surface area contributed by atoms with Gasteiger partial charge in [0.2, 0.25) is 0 Å². The van der Waals surface area contributed by atoms with E-state index in [0.717, 1.165) is 32.7 Å². The van der Waals surface area contributed by atoms with E-state index in [4.69, 9.17) is 14.2 Å². The highest BCUT2D eigenvalue weighted by molar-refractivity contribution is 5.97. The van der Waals surface area contributed by atoms with E-state index in [1.54, 1.807) is 32.4 Å². The Morgan fingerprint density at radius 2 is 2.00 bits per heavy atom. The minimum atomic E-state index is -0.00323. The average Bonchev–Trinajstić information content (AvgIpc) is 2.88. The summed E-state index contributed by atoms with van der Waals surface area (Å²) in [4.78, 5) is 17.4. The number of carbonyl (C=O) groups is 1. The SMILES string of the molecule is COc1ccc(C(=O)N2CCC3CN(C(C)C)CCOC3C2)c(OC)c1. The maximum absolute atomic E-state index is 13.1. The van der Waals surface area contributed by atoms with Gasteiger partial charge in [0.25, 0.3) is 5.91 Å². The minimum Gasteiger partial charge on any atom is -0.497 e. The monoisotopic (exact) mass is 362 g/mol. The van der Waals surface area contributed by atoms with Crippen molar-refractivity contribution in [1.82, 2.24) is 9.80 Å². The smallest absolute Gasteiger partial charge is 0.257 e. The van der Waals surface area contributed by atoms with Crippen molar-refractivity contribution in [3.05, 3.63) is 23.8 Å². The lowest BCUT2D eigenvalue weighted by atomic mass is 9.92. The Kier molecular flexibility index (Phi) is 6.04. The molecule has 2 heterocycles. The molecule has 26 heavy (non-hydrogen) atoms. The van der Waals surface area contributed by atoms with Crippen molar-refractivity contribution in [2.75, 3.05) is 47.0 Å². The molecule has 0 bridgehead atoms. The third kappa shape index (κ3) is 3.96. The van der Waals surface area contributed by atoms with Crippen LogP contribution in [0, 0.1) is 5.92 Å². The van der Waals surface area contributed by atoms with Crippen LogP contribution in [0.15, 0.2) is 18.2 Å². The Hall–Kier alpha value is -1.79. The van der Waals surface area contributed by atoms with E-state index in [0.29, 0.717) is 35.6 Å². The van der Waals surface area contributed by atoms with Gasteiger partial charge in [-0.3, -0.25) is 9.69 Å². The molecule has 2 unspecified atom stereocenters. The summed E-state index contributed by atoms with van der Waals surface area (Å²) in [6, 6.07) is 5.86. The molecule has 0 aliphatic carbocycles. The highest BCUT2D eigenvalue weighted by Crippen LogP contribution is 2.29. The quantitative estimate of drug-likeness (QED) is 0.822. The molecule has 2 fully saturated rings. The molecule has 0 saturated carbocycles. The second-order valence-corrected chi connectivity index (χ2v) is 7.36. The van der Waals surface area contributed by atoms with E-state index in [-0.39, 0.29) is 12.0 Å². The van der Waals surface area contributed by atoms with Gasteiger partial charge in [-0.1, -0.05) is 0 Å². The fourth-order valence-electron chi connectivity index (χ4n) is 3.88. The van der Waals surface area contributed by atoms with Crippen LogP contribution in [-0.2, 0) is 4.74 Å². The van der Waals surface area contributed by atoms with Crippen LogP contribution in [0.3, 0.4) is 0 Å². The van der Waals surface area contributed by atoms with Crippen molar-refractivity contribution in [3.63, 3.8) is 0 Å². The van der Waals surface area contributed by atoms with Gasteiger partial charge in [-0.05, 0) is 32.4 Å². The van der Waals surface area contributed by atoms with Gasteiger partial charge in [0, 0.05) is 44.2 Å². The van der Waals surface area contributed by atoms with Crippen molar-refractivity contribution in [2.45, 2.75) is 32.4 Å². The highest BCUT2D eigenvalue weighted by atomic mass is 16.5. The van der Waals surface area contributed by atoms with Crippen molar-refractivity contribution >= 4 is 5.91 Å². The number of rotatable bonds is 4. The summed E-state index contributed by atoms with van der Waals surface area (Å²) in [6.45, 7) is 8.60. The summed E-state index contributed by atoms with van der Waals surface area (Å²) < 4.78 is 16.7. The number of hydrogen-bond donors (Lipinski definition) is 0. The zero-order chi connectivity index (χ0) is 18.7. The second-order valence-electron chi connectivity index (χ2n) is 7.36. The number of methoxy groups -OCH3 is 2. The molecule has 2 aliphatic heterocycles. The molecule has 0 aromatic heterocycles. The molecule has 0 N–H and O–H groups in total. The molecule has 0 radical (unpaired) electrons. The summed E-state index contributed by atoms with van der Waals surface area (Å²) in [6.07, 6.45) is 1.08. The number of benzene rings is 1. The van der Waals surface area contributed by atoms with Crippen LogP contribution in [0.2, 0.25) is 0 Å². The van der Waals surface area contributed by atoms with Gasteiger partial charge in [0.05, 0.1) is 32.5 Å². The van der Waals surface area contributed by atoms with E-state index in [1.165, 1.54) is 0 Å². The molecule has 1 aromatic carbocycles. The Bertz CT molecular complexity index is 634. The van der Waals surface area contributed by atoms with Gasteiger partial charge < -0.3 is 19.1 Å². The maximum atomic E-state index is 13.1. The molecule has 2 atom stereocenters. The molecule has 3 rings (SSSR count). The first kappa shape index (κ1) is 19.0. The molecule has 6 heteroatoms. The number of amides is 1. The molecule has 1 aromatic rings. The van der Waals surface area contributed by atoms with E-state index in [9.17, 15) is 4.79 Å². The zero-order valence-electron chi connectivity index (χ0n) is 16.2. The number of ether oxygens (including phenoxy) is 3. The third-order valence-corrected chi connectivity index (χ3v) is 5.53. The van der Waals surface area contributed by atoms with Crippen molar-refractivity contribution < 1.29 is 19.0 Å². The largest absolute Gasteiger partial charge is 0.497 e. The first-order valence-corrected chi connectivity index (χ1v) is 9.40. The number of fused-ring (bicyclic) bond motifs is 1. The van der Waals surface area contributed by atoms with Crippen LogP contribution >= 0.6 is 0 Å². The van der Waals surface area contributed by atoms with Crippen molar-refractivity contribution in [3.8, 4) is 11.5 Å². The first-order valence-electron chi connectivity index (χ1n) is 9.40. The lowest BCUT2D eigenvalue weighted by molar-refractivity contribution is -0.0172. The molecule has 0 spiro atoms. The summed E-state index contributed by atoms with van der Waals surface area (Å²) in [5, 5.41) is 0. The van der Waals surface area contributed by atoms with E-state index in [2.05, 4.69) is 18.7 Å². The Labute approximate surface area is 156 Å². The summed E-state index contributed by atoms with van der Waals surface area (Å²) in [5.41, 5.74) is 0.573. The Morgan fingerprint density at radius 1 is 1.19 bits per heavy atom. The fourth-order valence-corrected chi connectivity index (χ4v) is 3.88. The number of likely N-dealkylation sites (tertiary alicyclic amines) is 1. The lowest BCUT2D eigenvalue weighted by Crippen LogP contribution is -2.49. The lowest BCUT2D eigenvalue weighted by Gasteiger charge is -2.38.